The van der Waals surface area contributed by atoms with E-state index in [0.29, 0.717) is 25.5 Å². The summed E-state index contributed by atoms with van der Waals surface area (Å²) in [7, 11) is 0. The van der Waals surface area contributed by atoms with Crippen LogP contribution >= 0.6 is 0 Å². The lowest BCUT2D eigenvalue weighted by molar-refractivity contribution is -0.143. The van der Waals surface area contributed by atoms with Crippen molar-refractivity contribution in [3.05, 3.63) is 35.6 Å². The largest absolute Gasteiger partial charge is 0.464 e. The van der Waals surface area contributed by atoms with E-state index in [1.807, 2.05) is 6.07 Å². The van der Waals surface area contributed by atoms with Gasteiger partial charge in [0, 0.05) is 24.4 Å². The van der Waals surface area contributed by atoms with E-state index in [-0.39, 0.29) is 23.2 Å². The summed E-state index contributed by atoms with van der Waals surface area (Å²) in [5, 5.41) is 3.59. The van der Waals surface area contributed by atoms with Crippen LogP contribution in [0.25, 0.3) is 0 Å². The molecule has 0 saturated heterocycles. The average Bonchev–Trinajstić information content (AvgIpc) is 2.49. The Morgan fingerprint density at radius 1 is 1.38 bits per heavy atom. The van der Waals surface area contributed by atoms with Gasteiger partial charge in [-0.05, 0) is 42.9 Å². The molecule has 3 nitrogen and oxygen atoms in total. The summed E-state index contributed by atoms with van der Waals surface area (Å²) in [6.07, 6.45) is 4.77. The number of hydrogen-bond acceptors (Lipinski definition) is 3. The van der Waals surface area contributed by atoms with Crippen molar-refractivity contribution in [1.29, 1.82) is 0 Å². The Morgan fingerprint density at radius 3 is 2.67 bits per heavy atom. The molecule has 1 N–H and O–H groups in total. The maximum Gasteiger partial charge on any atom is 0.305 e. The zero-order chi connectivity index (χ0) is 17.6. The first-order chi connectivity index (χ1) is 11.5. The van der Waals surface area contributed by atoms with E-state index < -0.39 is 0 Å². The highest BCUT2D eigenvalue weighted by atomic mass is 19.1. The summed E-state index contributed by atoms with van der Waals surface area (Å²) in [5.41, 5.74) is 1.10. The molecule has 1 aromatic carbocycles. The van der Waals surface area contributed by atoms with E-state index in [9.17, 15) is 9.18 Å². The molecule has 1 unspecified atom stereocenters. The molecule has 0 amide bonds. The molecular formula is C20H30FNO2. The number of benzene rings is 1. The summed E-state index contributed by atoms with van der Waals surface area (Å²) in [5.74, 6) is 0.214. The Balaban J connectivity index is 2.08. The lowest BCUT2D eigenvalue weighted by Crippen LogP contribution is -2.54. The number of carbonyl (C=O) groups is 1. The van der Waals surface area contributed by atoms with E-state index in [0.717, 1.165) is 24.8 Å². The maximum absolute atomic E-state index is 13.7. The fourth-order valence-electron chi connectivity index (χ4n) is 3.67. The van der Waals surface area contributed by atoms with E-state index in [1.165, 1.54) is 12.5 Å². The van der Waals surface area contributed by atoms with E-state index in [4.69, 9.17) is 4.74 Å². The fourth-order valence-corrected chi connectivity index (χ4v) is 3.67. The monoisotopic (exact) mass is 335 g/mol. The van der Waals surface area contributed by atoms with Crippen LogP contribution in [0.3, 0.4) is 0 Å². The van der Waals surface area contributed by atoms with E-state index in [1.54, 1.807) is 19.1 Å². The lowest BCUT2D eigenvalue weighted by Gasteiger charge is -2.49. The van der Waals surface area contributed by atoms with Gasteiger partial charge in [-0.25, -0.2) is 4.39 Å². The molecule has 1 atom stereocenters. The van der Waals surface area contributed by atoms with Crippen molar-refractivity contribution in [2.45, 2.75) is 64.3 Å². The number of rotatable bonds is 9. The summed E-state index contributed by atoms with van der Waals surface area (Å²) in [6.45, 7) is 7.25. The topological polar surface area (TPSA) is 38.3 Å². The summed E-state index contributed by atoms with van der Waals surface area (Å²) >= 11 is 0. The van der Waals surface area contributed by atoms with Crippen LogP contribution in [-0.2, 0) is 14.9 Å². The van der Waals surface area contributed by atoms with Crippen LogP contribution in [0.4, 0.5) is 4.39 Å². The molecule has 1 aliphatic rings. The van der Waals surface area contributed by atoms with Crippen LogP contribution in [0.5, 0.6) is 0 Å². The molecule has 0 heterocycles. The summed E-state index contributed by atoms with van der Waals surface area (Å²) in [4.78, 5) is 11.3. The Hall–Kier alpha value is -1.42. The van der Waals surface area contributed by atoms with Gasteiger partial charge in [0.15, 0.2) is 0 Å². The Kier molecular flexibility index (Phi) is 6.79. The molecule has 134 valence electrons. The SMILES string of the molecule is CCC(=O)OCCNC(CC(C)C)C1(c2cccc(F)c2)CCC1. The molecule has 24 heavy (non-hydrogen) atoms. The highest BCUT2D eigenvalue weighted by Gasteiger charge is 2.45. The first-order valence-corrected chi connectivity index (χ1v) is 9.13. The number of ether oxygens (including phenoxy) is 1. The minimum atomic E-state index is -0.168. The second kappa shape index (κ2) is 8.61. The molecule has 2 rings (SSSR count). The second-order valence-electron chi connectivity index (χ2n) is 7.23. The van der Waals surface area contributed by atoms with Gasteiger partial charge in [0.05, 0.1) is 0 Å². The van der Waals surface area contributed by atoms with Crippen LogP contribution in [0, 0.1) is 11.7 Å². The molecule has 1 aromatic rings. The van der Waals surface area contributed by atoms with Crippen molar-refractivity contribution < 1.29 is 13.9 Å². The van der Waals surface area contributed by atoms with Crippen molar-refractivity contribution in [3.63, 3.8) is 0 Å². The molecule has 1 saturated carbocycles. The third-order valence-corrected chi connectivity index (χ3v) is 5.06. The first kappa shape index (κ1) is 18.9. The molecule has 0 spiro atoms. The Morgan fingerprint density at radius 2 is 2.12 bits per heavy atom. The zero-order valence-electron chi connectivity index (χ0n) is 15.1. The van der Waals surface area contributed by atoms with Gasteiger partial charge >= 0.3 is 5.97 Å². The van der Waals surface area contributed by atoms with E-state index >= 15 is 0 Å². The Labute approximate surface area is 145 Å². The standard InChI is InChI=1S/C20H30FNO2/c1-4-19(23)24-12-11-22-18(13-15(2)3)20(9-6-10-20)16-7-5-8-17(21)14-16/h5,7-8,14-15,18,22H,4,6,9-13H2,1-3H3. The van der Waals surface area contributed by atoms with E-state index in [2.05, 4.69) is 19.2 Å². The van der Waals surface area contributed by atoms with Gasteiger partial charge in [0.25, 0.3) is 0 Å². The van der Waals surface area contributed by atoms with Gasteiger partial charge in [0.2, 0.25) is 0 Å². The second-order valence-corrected chi connectivity index (χ2v) is 7.23. The number of nitrogens with one attached hydrogen (secondary N) is 1. The van der Waals surface area contributed by atoms with Crippen LogP contribution in [-0.4, -0.2) is 25.2 Å². The van der Waals surface area contributed by atoms with Crippen LogP contribution < -0.4 is 5.32 Å². The number of halogens is 1. The maximum atomic E-state index is 13.7. The predicted octanol–water partition coefficient (Wildman–Crippen LogP) is 4.20. The molecular weight excluding hydrogens is 305 g/mol. The zero-order valence-corrected chi connectivity index (χ0v) is 15.1. The minimum absolute atomic E-state index is 0.00113. The van der Waals surface area contributed by atoms with Gasteiger partial charge in [-0.15, -0.1) is 0 Å². The molecule has 0 bridgehead atoms. The molecule has 1 fully saturated rings. The van der Waals surface area contributed by atoms with Crippen molar-refractivity contribution in [1.82, 2.24) is 5.32 Å². The highest BCUT2D eigenvalue weighted by molar-refractivity contribution is 5.68. The van der Waals surface area contributed by atoms with Crippen molar-refractivity contribution in [2.24, 2.45) is 5.92 Å². The quantitative estimate of drug-likeness (QED) is 0.543. The summed E-state index contributed by atoms with van der Waals surface area (Å²) in [6, 6.07) is 7.32. The lowest BCUT2D eigenvalue weighted by atomic mass is 9.59. The predicted molar refractivity (Wildman–Crippen MR) is 94.4 cm³/mol. The smallest absolute Gasteiger partial charge is 0.305 e. The van der Waals surface area contributed by atoms with Crippen LogP contribution in [0.15, 0.2) is 24.3 Å². The van der Waals surface area contributed by atoms with Gasteiger partial charge in [-0.1, -0.05) is 39.3 Å². The normalized spacial score (nSPS) is 17.4. The molecule has 1 aliphatic carbocycles. The molecule has 4 heteroatoms. The molecule has 0 aromatic heterocycles. The summed E-state index contributed by atoms with van der Waals surface area (Å²) < 4.78 is 18.9. The Bertz CT molecular complexity index is 540. The third-order valence-electron chi connectivity index (χ3n) is 5.06. The van der Waals surface area contributed by atoms with Gasteiger partial charge < -0.3 is 10.1 Å². The number of esters is 1. The van der Waals surface area contributed by atoms with Crippen molar-refractivity contribution in [2.75, 3.05) is 13.2 Å². The average molecular weight is 335 g/mol. The number of carbonyl (C=O) groups excluding carboxylic acids is 1. The van der Waals surface area contributed by atoms with Crippen LogP contribution in [0.2, 0.25) is 0 Å². The minimum Gasteiger partial charge on any atom is -0.464 e. The fraction of sp³-hybridized carbons (Fsp3) is 0.650. The molecule has 0 aliphatic heterocycles. The molecule has 0 radical (unpaired) electrons. The number of hydrogen-bond donors (Lipinski definition) is 1. The third kappa shape index (κ3) is 4.56. The van der Waals surface area contributed by atoms with Gasteiger partial charge in [-0.2, -0.15) is 0 Å². The highest BCUT2D eigenvalue weighted by Crippen LogP contribution is 2.48. The van der Waals surface area contributed by atoms with Crippen molar-refractivity contribution in [3.8, 4) is 0 Å². The van der Waals surface area contributed by atoms with Gasteiger partial charge in [-0.3, -0.25) is 4.79 Å². The first-order valence-electron chi connectivity index (χ1n) is 9.13. The van der Waals surface area contributed by atoms with Crippen LogP contribution in [0.1, 0.15) is 58.4 Å². The van der Waals surface area contributed by atoms with Crippen molar-refractivity contribution >= 4 is 5.97 Å². The van der Waals surface area contributed by atoms with Gasteiger partial charge in [0.1, 0.15) is 12.4 Å².